The monoisotopic (exact) mass is 333 g/mol. The Morgan fingerprint density at radius 1 is 1.21 bits per heavy atom. The number of carbonyl (C=O) groups excluding carboxylic acids is 1. The second-order valence-corrected chi connectivity index (χ2v) is 6.46. The molecule has 0 spiro atoms. The number of carbonyl (C=O) groups is 1. The first-order chi connectivity index (χ1) is 11.8. The van der Waals surface area contributed by atoms with E-state index in [0.29, 0.717) is 13.0 Å². The molecule has 0 aliphatic carbocycles. The Kier molecular flexibility index (Phi) is 6.07. The predicted molar refractivity (Wildman–Crippen MR) is 94.4 cm³/mol. The van der Waals surface area contributed by atoms with Crippen LogP contribution >= 0.6 is 0 Å². The number of aliphatic hydroxyl groups is 1. The van der Waals surface area contributed by atoms with Crippen molar-refractivity contribution in [1.82, 2.24) is 4.90 Å². The maximum Gasteiger partial charge on any atom is 0.225 e. The number of likely N-dealkylation sites (tertiary alicyclic amines) is 1. The summed E-state index contributed by atoms with van der Waals surface area (Å²) in [6.07, 6.45) is 2.60. The first kappa shape index (κ1) is 17.2. The average molecular weight is 333 g/mol. The summed E-state index contributed by atoms with van der Waals surface area (Å²) in [4.78, 5) is 16.6. The van der Waals surface area contributed by atoms with Crippen LogP contribution in [0.3, 0.4) is 0 Å². The van der Waals surface area contributed by atoms with E-state index in [1.165, 1.54) is 5.69 Å². The van der Waals surface area contributed by atoms with Crippen molar-refractivity contribution in [1.29, 1.82) is 0 Å². The van der Waals surface area contributed by atoms with Crippen molar-refractivity contribution in [2.75, 3.05) is 56.2 Å². The van der Waals surface area contributed by atoms with Crippen LogP contribution in [0.4, 0.5) is 11.4 Å². The molecule has 2 N–H and O–H groups in total. The largest absolute Gasteiger partial charge is 0.395 e. The minimum Gasteiger partial charge on any atom is -0.395 e. The van der Waals surface area contributed by atoms with Crippen molar-refractivity contribution >= 4 is 17.3 Å². The lowest BCUT2D eigenvalue weighted by Crippen LogP contribution is -2.36. The second kappa shape index (κ2) is 8.46. The summed E-state index contributed by atoms with van der Waals surface area (Å²) in [5.41, 5.74) is 2.00. The zero-order valence-electron chi connectivity index (χ0n) is 14.1. The number of hydrogen-bond acceptors (Lipinski definition) is 5. The van der Waals surface area contributed by atoms with Crippen molar-refractivity contribution in [3.05, 3.63) is 24.3 Å². The van der Waals surface area contributed by atoms with Crippen molar-refractivity contribution < 1.29 is 14.6 Å². The molecule has 2 aliphatic heterocycles. The van der Waals surface area contributed by atoms with Crippen LogP contribution in [0, 0.1) is 0 Å². The number of ether oxygens (including phenoxy) is 1. The number of nitrogens with zero attached hydrogens (tertiary/aromatic N) is 2. The minimum absolute atomic E-state index is 0.0257. The van der Waals surface area contributed by atoms with Gasteiger partial charge in [0.25, 0.3) is 0 Å². The lowest BCUT2D eigenvalue weighted by Gasteiger charge is -2.28. The fourth-order valence-corrected chi connectivity index (χ4v) is 3.44. The predicted octanol–water partition coefficient (Wildman–Crippen LogP) is 1.31. The van der Waals surface area contributed by atoms with Gasteiger partial charge in [-0.05, 0) is 43.7 Å². The highest BCUT2D eigenvalue weighted by Gasteiger charge is 2.23. The van der Waals surface area contributed by atoms with Gasteiger partial charge in [0, 0.05) is 43.5 Å². The number of hydrogen-bond donors (Lipinski definition) is 2. The van der Waals surface area contributed by atoms with E-state index < -0.39 is 0 Å². The molecule has 24 heavy (non-hydrogen) atoms. The van der Waals surface area contributed by atoms with Crippen molar-refractivity contribution in [2.45, 2.75) is 25.3 Å². The smallest absolute Gasteiger partial charge is 0.225 e. The molecule has 132 valence electrons. The average Bonchev–Trinajstić information content (AvgIpc) is 3.09. The maximum atomic E-state index is 12.1. The summed E-state index contributed by atoms with van der Waals surface area (Å²) in [6.45, 7) is 5.23. The molecular formula is C18H27N3O3. The third-order valence-corrected chi connectivity index (χ3v) is 4.86. The van der Waals surface area contributed by atoms with Gasteiger partial charge in [0.15, 0.2) is 0 Å². The van der Waals surface area contributed by atoms with Gasteiger partial charge in [0.2, 0.25) is 5.91 Å². The number of amides is 1. The van der Waals surface area contributed by atoms with E-state index in [0.717, 1.165) is 51.4 Å². The van der Waals surface area contributed by atoms with Crippen LogP contribution in [0.15, 0.2) is 24.3 Å². The summed E-state index contributed by atoms with van der Waals surface area (Å²) >= 11 is 0. The van der Waals surface area contributed by atoms with Gasteiger partial charge in [0.05, 0.1) is 19.8 Å². The summed E-state index contributed by atoms with van der Waals surface area (Å²) in [5, 5.41) is 12.3. The number of rotatable bonds is 6. The lowest BCUT2D eigenvalue weighted by atomic mass is 10.2. The Morgan fingerprint density at radius 2 is 1.96 bits per heavy atom. The molecule has 1 atom stereocenters. The molecule has 1 aromatic rings. The fourth-order valence-electron chi connectivity index (χ4n) is 3.44. The van der Waals surface area contributed by atoms with Crippen LogP contribution in [0.1, 0.15) is 19.3 Å². The third-order valence-electron chi connectivity index (χ3n) is 4.86. The van der Waals surface area contributed by atoms with Gasteiger partial charge < -0.3 is 20.1 Å². The maximum absolute atomic E-state index is 12.1. The molecule has 0 radical (unpaired) electrons. The lowest BCUT2D eigenvalue weighted by molar-refractivity contribution is -0.116. The van der Waals surface area contributed by atoms with E-state index in [-0.39, 0.29) is 18.6 Å². The number of anilines is 2. The van der Waals surface area contributed by atoms with Crippen molar-refractivity contribution in [2.24, 2.45) is 0 Å². The highest BCUT2D eigenvalue weighted by atomic mass is 16.5. The molecule has 0 aromatic heterocycles. The Bertz CT molecular complexity index is 529. The number of aliphatic hydroxyl groups excluding tert-OH is 1. The molecule has 2 heterocycles. The van der Waals surface area contributed by atoms with Crippen LogP contribution in [0.2, 0.25) is 0 Å². The molecule has 6 heteroatoms. The first-order valence-corrected chi connectivity index (χ1v) is 8.84. The van der Waals surface area contributed by atoms with Gasteiger partial charge in [-0.25, -0.2) is 0 Å². The quantitative estimate of drug-likeness (QED) is 0.822. The molecule has 3 rings (SSSR count). The molecule has 1 aromatic carbocycles. The van der Waals surface area contributed by atoms with E-state index in [1.807, 2.05) is 24.3 Å². The van der Waals surface area contributed by atoms with Crippen LogP contribution in [-0.2, 0) is 9.53 Å². The van der Waals surface area contributed by atoms with E-state index in [2.05, 4.69) is 15.1 Å². The Balaban J connectivity index is 1.45. The molecule has 0 saturated carbocycles. The van der Waals surface area contributed by atoms with Crippen molar-refractivity contribution in [3.8, 4) is 0 Å². The van der Waals surface area contributed by atoms with Gasteiger partial charge in [-0.3, -0.25) is 9.69 Å². The topological polar surface area (TPSA) is 65.0 Å². The fraction of sp³-hybridized carbons (Fsp3) is 0.611. The first-order valence-electron chi connectivity index (χ1n) is 8.84. The molecular weight excluding hydrogens is 306 g/mol. The molecule has 0 bridgehead atoms. The third kappa shape index (κ3) is 4.47. The summed E-state index contributed by atoms with van der Waals surface area (Å²) in [7, 11) is 0. The van der Waals surface area contributed by atoms with Gasteiger partial charge >= 0.3 is 0 Å². The second-order valence-electron chi connectivity index (χ2n) is 6.46. The van der Waals surface area contributed by atoms with E-state index in [9.17, 15) is 9.90 Å². The number of nitrogens with one attached hydrogen (secondary N) is 1. The molecule has 1 amide bonds. The Hall–Kier alpha value is -1.63. The SMILES string of the molecule is O=C(CCN1CCC[C@H]1CO)Nc1ccc(N2CCOCC2)cc1. The van der Waals surface area contributed by atoms with Gasteiger partial charge in [0.1, 0.15) is 0 Å². The van der Waals surface area contributed by atoms with Gasteiger partial charge in [-0.2, -0.15) is 0 Å². The number of benzene rings is 1. The zero-order valence-corrected chi connectivity index (χ0v) is 14.1. The minimum atomic E-state index is 0.0257. The van der Waals surface area contributed by atoms with Gasteiger partial charge in [-0.15, -0.1) is 0 Å². The molecule has 2 aliphatic rings. The molecule has 0 unspecified atom stereocenters. The summed E-state index contributed by atoms with van der Waals surface area (Å²) in [5.74, 6) is 0.0257. The van der Waals surface area contributed by atoms with Crippen molar-refractivity contribution in [3.63, 3.8) is 0 Å². The molecule has 2 saturated heterocycles. The normalized spacial score (nSPS) is 21.9. The summed E-state index contributed by atoms with van der Waals surface area (Å²) < 4.78 is 5.36. The Morgan fingerprint density at radius 3 is 2.67 bits per heavy atom. The summed E-state index contributed by atoms with van der Waals surface area (Å²) in [6, 6.07) is 8.22. The van der Waals surface area contributed by atoms with Crippen LogP contribution in [0.5, 0.6) is 0 Å². The molecule has 6 nitrogen and oxygen atoms in total. The highest BCUT2D eigenvalue weighted by molar-refractivity contribution is 5.91. The zero-order chi connectivity index (χ0) is 16.8. The van der Waals surface area contributed by atoms with E-state index in [4.69, 9.17) is 4.74 Å². The van der Waals surface area contributed by atoms with Crippen LogP contribution < -0.4 is 10.2 Å². The standard InChI is InChI=1S/C18H27N3O3/c22-14-17-2-1-8-20(17)9-7-18(23)19-15-3-5-16(6-4-15)21-10-12-24-13-11-21/h3-6,17,22H,1-2,7-14H2,(H,19,23)/t17-/m0/s1. The Labute approximate surface area is 143 Å². The number of morpholine rings is 1. The van der Waals surface area contributed by atoms with Crippen LogP contribution in [-0.4, -0.2) is 68.0 Å². The van der Waals surface area contributed by atoms with Gasteiger partial charge in [-0.1, -0.05) is 0 Å². The highest BCUT2D eigenvalue weighted by Crippen LogP contribution is 2.20. The van der Waals surface area contributed by atoms with E-state index in [1.54, 1.807) is 0 Å². The molecule has 2 fully saturated rings. The van der Waals surface area contributed by atoms with Crippen LogP contribution in [0.25, 0.3) is 0 Å². The van der Waals surface area contributed by atoms with E-state index >= 15 is 0 Å².